The number of aryl methyl sites for hydroxylation is 1. The van der Waals surface area contributed by atoms with Crippen LogP contribution in [-0.4, -0.2) is 43.1 Å². The first kappa shape index (κ1) is 24.3. The Morgan fingerprint density at radius 3 is 2.30 bits per heavy atom. The normalized spacial score (nSPS) is 16.9. The van der Waals surface area contributed by atoms with E-state index < -0.39 is 17.7 Å². The van der Waals surface area contributed by atoms with Crippen LogP contribution in [0.4, 0.5) is 5.13 Å². The smallest absolute Gasteiger partial charge is 0.301 e. The maximum atomic E-state index is 13.5. The molecule has 1 saturated heterocycles. The fourth-order valence-corrected chi connectivity index (χ4v) is 5.49. The zero-order chi connectivity index (χ0) is 26.3. The van der Waals surface area contributed by atoms with Gasteiger partial charge in [-0.1, -0.05) is 17.4 Å². The van der Waals surface area contributed by atoms with Gasteiger partial charge in [0.25, 0.3) is 5.78 Å². The van der Waals surface area contributed by atoms with E-state index in [1.165, 1.54) is 37.6 Å². The highest BCUT2D eigenvalue weighted by Crippen LogP contribution is 2.47. The second-order valence-corrected chi connectivity index (χ2v) is 9.48. The van der Waals surface area contributed by atoms with Crippen molar-refractivity contribution < 1.29 is 28.9 Å². The molecule has 1 N–H and O–H groups in total. The monoisotopic (exact) mass is 516 g/mol. The Balaban J connectivity index is 1.77. The van der Waals surface area contributed by atoms with Gasteiger partial charge in [-0.05, 0) is 67.1 Å². The number of anilines is 1. The molecule has 0 bridgehead atoms. The second-order valence-electron chi connectivity index (χ2n) is 8.47. The summed E-state index contributed by atoms with van der Waals surface area (Å²) in [7, 11) is 4.56. The molecule has 2 heterocycles. The minimum Gasteiger partial charge on any atom is -0.507 e. The number of ketones is 1. The molecule has 3 aromatic carbocycles. The Labute approximate surface area is 217 Å². The summed E-state index contributed by atoms with van der Waals surface area (Å²) in [6.45, 7) is 1.97. The lowest BCUT2D eigenvalue weighted by Gasteiger charge is -2.25. The van der Waals surface area contributed by atoms with Crippen molar-refractivity contribution in [2.75, 3.05) is 26.2 Å². The lowest BCUT2D eigenvalue weighted by molar-refractivity contribution is -0.132. The zero-order valence-corrected chi connectivity index (χ0v) is 21.5. The fraction of sp³-hybridized carbons (Fsp3) is 0.179. The van der Waals surface area contributed by atoms with Gasteiger partial charge < -0.3 is 19.3 Å². The molecule has 5 rings (SSSR count). The number of aliphatic hydroxyl groups excluding tert-OH is 1. The minimum absolute atomic E-state index is 0.0721. The summed E-state index contributed by atoms with van der Waals surface area (Å²) in [4.78, 5) is 33.0. The molecule has 1 unspecified atom stereocenters. The van der Waals surface area contributed by atoms with Crippen LogP contribution in [0.25, 0.3) is 16.0 Å². The van der Waals surface area contributed by atoms with Gasteiger partial charge >= 0.3 is 5.91 Å². The van der Waals surface area contributed by atoms with Crippen LogP contribution in [0.2, 0.25) is 0 Å². The van der Waals surface area contributed by atoms with Crippen molar-refractivity contribution in [3.63, 3.8) is 0 Å². The van der Waals surface area contributed by atoms with Crippen LogP contribution in [0.1, 0.15) is 22.7 Å². The van der Waals surface area contributed by atoms with Crippen molar-refractivity contribution in [3.8, 4) is 17.2 Å². The molecular weight excluding hydrogens is 492 g/mol. The van der Waals surface area contributed by atoms with E-state index in [0.717, 1.165) is 10.3 Å². The van der Waals surface area contributed by atoms with E-state index in [4.69, 9.17) is 14.2 Å². The molecule has 0 saturated carbocycles. The van der Waals surface area contributed by atoms with Crippen molar-refractivity contribution in [2.45, 2.75) is 13.0 Å². The quantitative estimate of drug-likeness (QED) is 0.212. The average Bonchev–Trinajstić information content (AvgIpc) is 3.45. The Bertz CT molecular complexity index is 1560. The lowest BCUT2D eigenvalue weighted by Crippen LogP contribution is -2.29. The largest absolute Gasteiger partial charge is 0.507 e. The molecule has 1 aromatic heterocycles. The number of carbonyl (C=O) groups is 2. The van der Waals surface area contributed by atoms with Crippen LogP contribution in [0.3, 0.4) is 0 Å². The molecule has 1 aliphatic rings. The molecule has 1 atom stereocenters. The molecule has 0 aliphatic carbocycles. The highest BCUT2D eigenvalue weighted by Gasteiger charge is 2.49. The van der Waals surface area contributed by atoms with E-state index >= 15 is 0 Å². The first-order valence-electron chi connectivity index (χ1n) is 11.4. The molecule has 4 aromatic rings. The van der Waals surface area contributed by atoms with Crippen LogP contribution < -0.4 is 19.1 Å². The number of benzene rings is 3. The Morgan fingerprint density at radius 2 is 1.62 bits per heavy atom. The van der Waals surface area contributed by atoms with Crippen molar-refractivity contribution in [3.05, 3.63) is 82.9 Å². The van der Waals surface area contributed by atoms with Gasteiger partial charge in [0.05, 0.1) is 37.1 Å². The van der Waals surface area contributed by atoms with Crippen molar-refractivity contribution in [2.24, 2.45) is 0 Å². The van der Waals surface area contributed by atoms with Crippen LogP contribution in [-0.2, 0) is 9.59 Å². The fourth-order valence-electron chi connectivity index (χ4n) is 4.40. The van der Waals surface area contributed by atoms with Crippen LogP contribution in [0, 0.1) is 6.92 Å². The number of rotatable bonds is 6. The number of aliphatic hydroxyl groups is 1. The van der Waals surface area contributed by atoms with E-state index in [1.807, 2.05) is 25.1 Å². The number of Topliss-reactive ketones (excluding diaryl/α,β-unsaturated/α-hetero) is 1. The molecule has 9 heteroatoms. The molecule has 1 fully saturated rings. The molecule has 188 valence electrons. The van der Waals surface area contributed by atoms with Crippen LogP contribution >= 0.6 is 11.3 Å². The van der Waals surface area contributed by atoms with Gasteiger partial charge in [0.1, 0.15) is 29.0 Å². The minimum atomic E-state index is -1.01. The van der Waals surface area contributed by atoms with Crippen LogP contribution in [0.5, 0.6) is 17.2 Å². The first-order valence-corrected chi connectivity index (χ1v) is 12.2. The van der Waals surface area contributed by atoms with E-state index in [1.54, 1.807) is 42.5 Å². The number of fused-ring (bicyclic) bond motifs is 1. The van der Waals surface area contributed by atoms with Crippen molar-refractivity contribution in [1.82, 2.24) is 4.98 Å². The van der Waals surface area contributed by atoms with Gasteiger partial charge in [-0.15, -0.1) is 0 Å². The number of nitrogens with zero attached hydrogens (tertiary/aromatic N) is 2. The number of ether oxygens (including phenoxy) is 3. The standard InChI is InChI=1S/C28H24N2O6S/c1-15-5-11-20-22(13-15)37-28(29-20)30-24(19-14-18(35-3)10-12-21(19)36-4)23(26(32)27(30)33)25(31)16-6-8-17(34-2)9-7-16/h5-14,24,31H,1-4H3/b25-23+. The highest BCUT2D eigenvalue weighted by molar-refractivity contribution is 7.22. The van der Waals surface area contributed by atoms with E-state index in [0.29, 0.717) is 39.0 Å². The number of hydrogen-bond acceptors (Lipinski definition) is 8. The summed E-state index contributed by atoms with van der Waals surface area (Å²) in [6.07, 6.45) is 0. The Kier molecular flexibility index (Phi) is 6.31. The summed E-state index contributed by atoms with van der Waals surface area (Å²) in [5, 5.41) is 11.7. The van der Waals surface area contributed by atoms with Crippen molar-refractivity contribution >= 4 is 44.1 Å². The predicted octanol–water partition coefficient (Wildman–Crippen LogP) is 5.26. The Hall–Kier alpha value is -4.37. The maximum absolute atomic E-state index is 13.5. The average molecular weight is 517 g/mol. The third kappa shape index (κ3) is 4.17. The lowest BCUT2D eigenvalue weighted by atomic mass is 9.94. The van der Waals surface area contributed by atoms with Gasteiger partial charge in [0, 0.05) is 11.1 Å². The predicted molar refractivity (Wildman–Crippen MR) is 142 cm³/mol. The maximum Gasteiger partial charge on any atom is 0.301 e. The van der Waals surface area contributed by atoms with Crippen LogP contribution in [0.15, 0.2) is 66.2 Å². The number of thiazole rings is 1. The number of methoxy groups -OCH3 is 3. The van der Waals surface area contributed by atoms with E-state index in [2.05, 4.69) is 4.98 Å². The van der Waals surface area contributed by atoms with Gasteiger partial charge in [0.2, 0.25) is 0 Å². The van der Waals surface area contributed by atoms with Gasteiger partial charge in [-0.25, -0.2) is 4.98 Å². The summed E-state index contributed by atoms with van der Waals surface area (Å²) >= 11 is 1.30. The molecule has 1 amide bonds. The number of carbonyl (C=O) groups excluding carboxylic acids is 2. The van der Waals surface area contributed by atoms with E-state index in [9.17, 15) is 14.7 Å². The number of aromatic nitrogens is 1. The van der Waals surface area contributed by atoms with E-state index in [-0.39, 0.29) is 11.3 Å². The molecule has 8 nitrogen and oxygen atoms in total. The molecule has 0 radical (unpaired) electrons. The summed E-state index contributed by atoms with van der Waals surface area (Å²) in [5.74, 6) is -0.400. The molecular formula is C28H24N2O6S. The number of hydrogen-bond donors (Lipinski definition) is 1. The zero-order valence-electron chi connectivity index (χ0n) is 20.6. The third-order valence-electron chi connectivity index (χ3n) is 6.28. The summed E-state index contributed by atoms with van der Waals surface area (Å²) in [5.41, 5.74) is 2.53. The summed E-state index contributed by atoms with van der Waals surface area (Å²) in [6, 6.07) is 16.5. The second kappa shape index (κ2) is 9.59. The first-order chi connectivity index (χ1) is 17.9. The van der Waals surface area contributed by atoms with Gasteiger partial charge in [0.15, 0.2) is 5.13 Å². The summed E-state index contributed by atoms with van der Waals surface area (Å²) < 4.78 is 17.1. The highest BCUT2D eigenvalue weighted by atomic mass is 32.1. The molecule has 1 aliphatic heterocycles. The third-order valence-corrected chi connectivity index (χ3v) is 7.30. The molecule has 37 heavy (non-hydrogen) atoms. The van der Waals surface area contributed by atoms with Crippen molar-refractivity contribution in [1.29, 1.82) is 0 Å². The number of amides is 1. The van der Waals surface area contributed by atoms with Gasteiger partial charge in [-0.2, -0.15) is 0 Å². The van der Waals surface area contributed by atoms with Gasteiger partial charge in [-0.3, -0.25) is 14.5 Å². The topological polar surface area (TPSA) is 98.2 Å². The Morgan fingerprint density at radius 1 is 0.919 bits per heavy atom. The SMILES string of the molecule is COc1ccc(/C(O)=C2\C(=O)C(=O)N(c3nc4ccc(C)cc4s3)C2c2cc(OC)ccc2OC)cc1. The molecule has 0 spiro atoms.